The van der Waals surface area contributed by atoms with Crippen molar-refractivity contribution < 1.29 is 18.4 Å². The molecular weight excluding hydrogens is 416 g/mol. The summed E-state index contributed by atoms with van der Waals surface area (Å²) in [5, 5.41) is 4.47. The Balaban J connectivity index is 1.62. The fraction of sp³-hybridized carbons (Fsp3) is 0.217. The second kappa shape index (κ2) is 8.23. The minimum Gasteiger partial charge on any atom is -0.365 e. The number of amides is 2. The van der Waals surface area contributed by atoms with Crippen molar-refractivity contribution in [1.29, 1.82) is 0 Å². The van der Waals surface area contributed by atoms with E-state index in [4.69, 9.17) is 12.3 Å². The zero-order chi connectivity index (χ0) is 23.0. The average Bonchev–Trinajstić information content (AvgIpc) is 3.12. The Morgan fingerprint density at radius 3 is 2.62 bits per heavy atom. The molecule has 0 bridgehead atoms. The van der Waals surface area contributed by atoms with Crippen LogP contribution in [0.5, 0.6) is 0 Å². The maximum atomic E-state index is 13.9. The lowest BCUT2D eigenvalue weighted by Gasteiger charge is -2.28. The summed E-state index contributed by atoms with van der Waals surface area (Å²) in [6, 6.07) is 8.44. The highest BCUT2D eigenvalue weighted by molar-refractivity contribution is 6.00. The lowest BCUT2D eigenvalue weighted by Crippen LogP contribution is -2.40. The van der Waals surface area contributed by atoms with Gasteiger partial charge in [-0.1, -0.05) is 12.1 Å². The van der Waals surface area contributed by atoms with Crippen molar-refractivity contribution in [3.63, 3.8) is 0 Å². The van der Waals surface area contributed by atoms with E-state index in [0.29, 0.717) is 35.5 Å². The highest BCUT2D eigenvalue weighted by atomic mass is 19.1. The number of rotatable bonds is 4. The molecule has 0 fully saturated rings. The number of nitrogens with two attached hydrogens (primary N) is 1. The number of nitrogens with zero attached hydrogens (tertiary/aromatic N) is 4. The van der Waals surface area contributed by atoms with Gasteiger partial charge in [0.2, 0.25) is 11.6 Å². The van der Waals surface area contributed by atoms with Gasteiger partial charge >= 0.3 is 0 Å². The number of benzene rings is 2. The Kier molecular flexibility index (Phi) is 5.45. The van der Waals surface area contributed by atoms with Gasteiger partial charge in [-0.05, 0) is 42.3 Å². The molecule has 2 aromatic carbocycles. The lowest BCUT2D eigenvalue weighted by atomic mass is 10.0. The van der Waals surface area contributed by atoms with Gasteiger partial charge in [0.1, 0.15) is 17.3 Å². The largest absolute Gasteiger partial charge is 0.365 e. The van der Waals surface area contributed by atoms with Crippen molar-refractivity contribution in [3.05, 3.63) is 81.8 Å². The van der Waals surface area contributed by atoms with Crippen LogP contribution in [0.3, 0.4) is 0 Å². The van der Waals surface area contributed by atoms with Crippen molar-refractivity contribution in [3.8, 4) is 11.3 Å². The summed E-state index contributed by atoms with van der Waals surface area (Å²) in [4.78, 5) is 29.7. The highest BCUT2D eigenvalue weighted by Crippen LogP contribution is 2.30. The van der Waals surface area contributed by atoms with E-state index in [1.165, 1.54) is 24.3 Å². The summed E-state index contributed by atoms with van der Waals surface area (Å²) >= 11 is 0. The van der Waals surface area contributed by atoms with Crippen molar-refractivity contribution in [1.82, 2.24) is 14.7 Å². The number of carbonyl (C=O) groups excluding carboxylic acids is 2. The number of primary amides is 1. The first-order valence-electron chi connectivity index (χ1n) is 9.87. The third kappa shape index (κ3) is 3.95. The van der Waals surface area contributed by atoms with E-state index >= 15 is 0 Å². The van der Waals surface area contributed by atoms with E-state index in [-0.39, 0.29) is 35.8 Å². The SMILES string of the molecule is [C-]#[N+]c1ccc(CC(=O)N2CCn3nc(-c4cc(C)cc(F)c4)c(C(N)=O)c3C2)cc1F. The molecule has 0 saturated carbocycles. The average molecular weight is 435 g/mol. The summed E-state index contributed by atoms with van der Waals surface area (Å²) < 4.78 is 29.4. The van der Waals surface area contributed by atoms with Crippen LogP contribution in [0, 0.1) is 25.1 Å². The van der Waals surface area contributed by atoms with Gasteiger partial charge in [-0.25, -0.2) is 13.6 Å². The van der Waals surface area contributed by atoms with Crippen LogP contribution in [0.4, 0.5) is 14.5 Å². The molecule has 32 heavy (non-hydrogen) atoms. The van der Waals surface area contributed by atoms with Gasteiger partial charge in [0, 0.05) is 12.1 Å². The van der Waals surface area contributed by atoms with Gasteiger partial charge in [0.15, 0.2) is 0 Å². The molecule has 0 saturated heterocycles. The molecule has 4 rings (SSSR count). The van der Waals surface area contributed by atoms with Gasteiger partial charge < -0.3 is 10.6 Å². The topological polar surface area (TPSA) is 85.6 Å². The Morgan fingerprint density at radius 1 is 1.19 bits per heavy atom. The van der Waals surface area contributed by atoms with E-state index in [0.717, 1.165) is 0 Å². The fourth-order valence-corrected chi connectivity index (χ4v) is 3.90. The number of fused-ring (bicyclic) bond motifs is 1. The molecule has 9 heteroatoms. The highest BCUT2D eigenvalue weighted by Gasteiger charge is 2.29. The van der Waals surface area contributed by atoms with Crippen molar-refractivity contribution in [2.75, 3.05) is 6.54 Å². The minimum absolute atomic E-state index is 0.0504. The Labute approximate surface area is 182 Å². The molecular formula is C23H19F2N5O2. The predicted molar refractivity (Wildman–Crippen MR) is 113 cm³/mol. The quantitative estimate of drug-likeness (QED) is 0.638. The van der Waals surface area contributed by atoms with E-state index in [1.54, 1.807) is 28.6 Å². The smallest absolute Gasteiger partial charge is 0.252 e. The monoisotopic (exact) mass is 435 g/mol. The molecule has 0 spiro atoms. The molecule has 7 nitrogen and oxygen atoms in total. The Hall–Kier alpha value is -4.06. The van der Waals surface area contributed by atoms with Crippen LogP contribution < -0.4 is 5.73 Å². The predicted octanol–water partition coefficient (Wildman–Crippen LogP) is 3.37. The second-order valence-electron chi connectivity index (χ2n) is 7.66. The van der Waals surface area contributed by atoms with Crippen LogP contribution in [-0.2, 0) is 24.3 Å². The summed E-state index contributed by atoms with van der Waals surface area (Å²) in [5.74, 6) is -2.09. The third-order valence-corrected chi connectivity index (χ3v) is 5.38. The minimum atomic E-state index is -0.714. The Bertz CT molecular complexity index is 1270. The standard InChI is InChI=1S/C23H19F2N5O2/c1-13-7-15(11-16(24)8-13)22-21(23(26)32)19-12-29(5-6-30(19)28-22)20(31)10-14-3-4-18(27-2)17(25)9-14/h3-4,7-9,11H,5-6,10,12H2,1H3,(H2,26,32). The zero-order valence-corrected chi connectivity index (χ0v) is 17.2. The fourth-order valence-electron chi connectivity index (χ4n) is 3.90. The summed E-state index contributed by atoms with van der Waals surface area (Å²) in [5.41, 5.74) is 8.00. The Morgan fingerprint density at radius 2 is 1.97 bits per heavy atom. The number of aryl methyl sites for hydroxylation is 1. The van der Waals surface area contributed by atoms with Gasteiger partial charge in [0.25, 0.3) is 5.91 Å². The summed E-state index contributed by atoms with van der Waals surface area (Å²) in [6.45, 7) is 9.42. The third-order valence-electron chi connectivity index (χ3n) is 5.38. The normalized spacial score (nSPS) is 12.9. The van der Waals surface area contributed by atoms with Gasteiger partial charge in [-0.2, -0.15) is 5.10 Å². The van der Waals surface area contributed by atoms with Gasteiger partial charge in [0.05, 0.1) is 37.3 Å². The van der Waals surface area contributed by atoms with E-state index in [1.807, 2.05) is 0 Å². The van der Waals surface area contributed by atoms with E-state index in [9.17, 15) is 18.4 Å². The molecule has 0 radical (unpaired) electrons. The van der Waals surface area contributed by atoms with Crippen molar-refractivity contribution in [2.24, 2.45) is 5.73 Å². The molecule has 0 aliphatic carbocycles. The number of carbonyl (C=O) groups is 2. The summed E-state index contributed by atoms with van der Waals surface area (Å²) in [6.07, 6.45) is -0.0504. The van der Waals surface area contributed by atoms with E-state index in [2.05, 4.69) is 9.94 Å². The number of hydrogen-bond donors (Lipinski definition) is 1. The maximum absolute atomic E-state index is 13.9. The van der Waals surface area contributed by atoms with Crippen LogP contribution in [0.2, 0.25) is 0 Å². The van der Waals surface area contributed by atoms with Crippen LogP contribution in [0.15, 0.2) is 36.4 Å². The molecule has 0 unspecified atom stereocenters. The molecule has 2 N–H and O–H groups in total. The first-order valence-corrected chi connectivity index (χ1v) is 9.87. The van der Waals surface area contributed by atoms with Crippen LogP contribution in [0.25, 0.3) is 16.1 Å². The zero-order valence-electron chi connectivity index (χ0n) is 17.2. The van der Waals surface area contributed by atoms with Gasteiger partial charge in [-0.15, -0.1) is 0 Å². The number of aromatic nitrogens is 2. The van der Waals surface area contributed by atoms with E-state index < -0.39 is 17.5 Å². The molecule has 1 aliphatic heterocycles. The second-order valence-corrected chi connectivity index (χ2v) is 7.66. The summed E-state index contributed by atoms with van der Waals surface area (Å²) in [7, 11) is 0. The van der Waals surface area contributed by atoms with Crippen LogP contribution >= 0.6 is 0 Å². The van der Waals surface area contributed by atoms with Crippen LogP contribution in [-0.4, -0.2) is 33.0 Å². The lowest BCUT2D eigenvalue weighted by molar-refractivity contribution is -0.132. The first-order chi connectivity index (χ1) is 15.3. The molecule has 3 aromatic rings. The van der Waals surface area contributed by atoms with Crippen molar-refractivity contribution in [2.45, 2.75) is 26.4 Å². The molecule has 162 valence electrons. The van der Waals surface area contributed by atoms with Gasteiger partial charge in [-0.3, -0.25) is 14.3 Å². The maximum Gasteiger partial charge on any atom is 0.252 e. The first kappa shape index (κ1) is 21.2. The molecule has 2 amide bonds. The van der Waals surface area contributed by atoms with Crippen molar-refractivity contribution >= 4 is 17.5 Å². The van der Waals surface area contributed by atoms with Crippen LogP contribution in [0.1, 0.15) is 27.2 Å². The number of halogens is 2. The number of hydrogen-bond acceptors (Lipinski definition) is 3. The molecule has 1 aliphatic rings. The molecule has 2 heterocycles. The molecule has 0 atom stereocenters. The molecule has 1 aromatic heterocycles.